The van der Waals surface area contributed by atoms with Crippen LogP contribution in [0.15, 0.2) is 48.8 Å². The maximum atomic E-state index is 11.9. The van der Waals surface area contributed by atoms with Crippen LogP contribution in [0.5, 0.6) is 0 Å². The van der Waals surface area contributed by atoms with Gasteiger partial charge in [-0.2, -0.15) is 0 Å². The molecule has 1 aromatic carbocycles. The van der Waals surface area contributed by atoms with Crippen molar-refractivity contribution >= 4 is 6.03 Å². The smallest absolute Gasteiger partial charge is 0.317 e. The fourth-order valence-corrected chi connectivity index (χ4v) is 1.97. The van der Waals surface area contributed by atoms with Crippen molar-refractivity contribution in [1.82, 2.24) is 15.2 Å². The Kier molecular flexibility index (Phi) is 5.49. The summed E-state index contributed by atoms with van der Waals surface area (Å²) in [5.41, 5.74) is 3.18. The van der Waals surface area contributed by atoms with Crippen LogP contribution in [0.4, 0.5) is 4.79 Å². The van der Waals surface area contributed by atoms with Gasteiger partial charge in [0.15, 0.2) is 0 Å². The average molecular weight is 299 g/mol. The molecule has 2 amide bonds. The van der Waals surface area contributed by atoms with E-state index < -0.39 is 0 Å². The van der Waals surface area contributed by atoms with Gasteiger partial charge in [-0.25, -0.2) is 4.79 Å². The lowest BCUT2D eigenvalue weighted by Crippen LogP contribution is -2.43. The Labute approximate surface area is 130 Å². The number of hydrogen-bond donors (Lipinski definition) is 2. The quantitative estimate of drug-likeness (QED) is 0.890. The number of hydrogen-bond acceptors (Lipinski definition) is 3. The van der Waals surface area contributed by atoms with Crippen LogP contribution in [-0.4, -0.2) is 40.7 Å². The normalized spacial score (nSPS) is 11.8. The molecule has 5 nitrogen and oxygen atoms in total. The molecule has 0 radical (unpaired) electrons. The van der Waals surface area contributed by atoms with Crippen LogP contribution in [0, 0.1) is 0 Å². The molecule has 1 heterocycles. The fraction of sp³-hybridized carbons (Fsp3) is 0.294. The molecule has 2 rings (SSSR count). The van der Waals surface area contributed by atoms with Gasteiger partial charge >= 0.3 is 6.03 Å². The summed E-state index contributed by atoms with van der Waals surface area (Å²) in [6.07, 6.45) is 3.57. The number of carbonyl (C=O) groups is 1. The van der Waals surface area contributed by atoms with E-state index in [0.717, 1.165) is 16.7 Å². The Morgan fingerprint density at radius 2 is 2.00 bits per heavy atom. The molecule has 5 heteroatoms. The van der Waals surface area contributed by atoms with Crippen LogP contribution < -0.4 is 5.32 Å². The molecule has 0 saturated heterocycles. The number of nitrogens with one attached hydrogen (secondary N) is 1. The summed E-state index contributed by atoms with van der Waals surface area (Å²) in [4.78, 5) is 17.5. The zero-order valence-electron chi connectivity index (χ0n) is 12.9. The highest BCUT2D eigenvalue weighted by Gasteiger charge is 2.13. The minimum atomic E-state index is -0.201. The second-order valence-corrected chi connectivity index (χ2v) is 5.24. The van der Waals surface area contributed by atoms with Crippen molar-refractivity contribution in [3.63, 3.8) is 0 Å². The summed E-state index contributed by atoms with van der Waals surface area (Å²) < 4.78 is 0. The Morgan fingerprint density at radius 3 is 2.59 bits per heavy atom. The maximum Gasteiger partial charge on any atom is 0.317 e. The van der Waals surface area contributed by atoms with Gasteiger partial charge in [0.2, 0.25) is 0 Å². The van der Waals surface area contributed by atoms with E-state index in [9.17, 15) is 4.79 Å². The molecule has 2 aromatic rings. The number of carbonyl (C=O) groups excluding carboxylic acids is 1. The lowest BCUT2D eigenvalue weighted by molar-refractivity contribution is 0.157. The van der Waals surface area contributed by atoms with E-state index in [-0.39, 0.29) is 18.7 Å². The molecule has 1 atom stereocenters. The van der Waals surface area contributed by atoms with Crippen LogP contribution in [0.2, 0.25) is 0 Å². The van der Waals surface area contributed by atoms with Crippen LogP contribution in [0.25, 0.3) is 11.1 Å². The van der Waals surface area contributed by atoms with E-state index >= 15 is 0 Å². The molecule has 0 aliphatic rings. The number of nitrogens with zero attached hydrogens (tertiary/aromatic N) is 2. The Bertz CT molecular complexity index is 599. The molecule has 22 heavy (non-hydrogen) atoms. The first-order chi connectivity index (χ1) is 10.6. The van der Waals surface area contributed by atoms with E-state index in [0.29, 0.717) is 6.54 Å². The van der Waals surface area contributed by atoms with Crippen molar-refractivity contribution in [1.29, 1.82) is 0 Å². The number of amides is 2. The highest BCUT2D eigenvalue weighted by Crippen LogP contribution is 2.18. The van der Waals surface area contributed by atoms with E-state index in [4.69, 9.17) is 5.11 Å². The summed E-state index contributed by atoms with van der Waals surface area (Å²) in [6.45, 7) is 2.20. The molecule has 0 bridgehead atoms. The highest BCUT2D eigenvalue weighted by molar-refractivity contribution is 5.74. The number of aliphatic hydroxyl groups excluding tert-OH is 1. The van der Waals surface area contributed by atoms with Crippen LogP contribution in [0.3, 0.4) is 0 Å². The van der Waals surface area contributed by atoms with E-state index in [1.807, 2.05) is 42.6 Å². The first-order valence-electron chi connectivity index (χ1n) is 7.22. The SMILES string of the molecule is CC(CO)N(C)C(=O)NCc1ccc(-c2cccnc2)cc1. The van der Waals surface area contributed by atoms with Crippen molar-refractivity contribution in [2.24, 2.45) is 0 Å². The van der Waals surface area contributed by atoms with Gasteiger partial charge in [0.1, 0.15) is 0 Å². The minimum absolute atomic E-state index is 0.0519. The van der Waals surface area contributed by atoms with Gasteiger partial charge < -0.3 is 15.3 Å². The molecular weight excluding hydrogens is 278 g/mol. The fourth-order valence-electron chi connectivity index (χ4n) is 1.97. The van der Waals surface area contributed by atoms with Gasteiger partial charge in [0.05, 0.1) is 12.6 Å². The molecule has 0 fully saturated rings. The molecule has 116 valence electrons. The standard InChI is InChI=1S/C17H21N3O2/c1-13(12-21)20(2)17(22)19-10-14-5-7-15(8-6-14)16-4-3-9-18-11-16/h3-9,11,13,21H,10,12H2,1-2H3,(H,19,22). The number of benzene rings is 1. The van der Waals surface area contributed by atoms with Gasteiger partial charge in [0.25, 0.3) is 0 Å². The molecule has 0 aliphatic heterocycles. The zero-order chi connectivity index (χ0) is 15.9. The van der Waals surface area contributed by atoms with Gasteiger partial charge in [-0.15, -0.1) is 0 Å². The van der Waals surface area contributed by atoms with E-state index in [1.165, 1.54) is 4.90 Å². The number of likely N-dealkylation sites (N-methyl/N-ethyl adjacent to an activating group) is 1. The van der Waals surface area contributed by atoms with E-state index in [1.54, 1.807) is 20.2 Å². The number of rotatable bonds is 5. The average Bonchev–Trinajstić information content (AvgIpc) is 2.59. The van der Waals surface area contributed by atoms with Crippen molar-refractivity contribution in [2.45, 2.75) is 19.5 Å². The van der Waals surface area contributed by atoms with Gasteiger partial charge in [0, 0.05) is 26.0 Å². The summed E-state index contributed by atoms with van der Waals surface area (Å²) >= 11 is 0. The van der Waals surface area contributed by atoms with E-state index in [2.05, 4.69) is 10.3 Å². The largest absolute Gasteiger partial charge is 0.394 e. The third-order valence-electron chi connectivity index (χ3n) is 3.64. The Morgan fingerprint density at radius 1 is 1.27 bits per heavy atom. The number of aromatic nitrogens is 1. The van der Waals surface area contributed by atoms with Crippen molar-refractivity contribution < 1.29 is 9.90 Å². The third-order valence-corrected chi connectivity index (χ3v) is 3.64. The predicted octanol–water partition coefficient (Wildman–Crippen LogP) is 2.27. The van der Waals surface area contributed by atoms with Crippen LogP contribution in [0.1, 0.15) is 12.5 Å². The van der Waals surface area contributed by atoms with Crippen molar-refractivity contribution in [3.8, 4) is 11.1 Å². The highest BCUT2D eigenvalue weighted by atomic mass is 16.3. The van der Waals surface area contributed by atoms with Gasteiger partial charge in [-0.3, -0.25) is 4.98 Å². The topological polar surface area (TPSA) is 65.5 Å². The molecule has 2 N–H and O–H groups in total. The van der Waals surface area contributed by atoms with Crippen LogP contribution in [-0.2, 0) is 6.54 Å². The molecule has 1 unspecified atom stereocenters. The lowest BCUT2D eigenvalue weighted by Gasteiger charge is -2.23. The van der Waals surface area contributed by atoms with Crippen LogP contribution >= 0.6 is 0 Å². The Hall–Kier alpha value is -2.40. The lowest BCUT2D eigenvalue weighted by atomic mass is 10.1. The Balaban J connectivity index is 1.93. The second kappa shape index (κ2) is 7.56. The van der Waals surface area contributed by atoms with Gasteiger partial charge in [-0.05, 0) is 29.7 Å². The number of pyridine rings is 1. The maximum absolute atomic E-state index is 11.9. The number of urea groups is 1. The van der Waals surface area contributed by atoms with Crippen molar-refractivity contribution in [3.05, 3.63) is 54.4 Å². The zero-order valence-corrected chi connectivity index (χ0v) is 12.9. The molecule has 0 spiro atoms. The molecule has 0 saturated carbocycles. The number of aliphatic hydroxyl groups is 1. The summed E-state index contributed by atoms with van der Waals surface area (Å²) in [5, 5.41) is 11.9. The molecule has 1 aromatic heterocycles. The summed E-state index contributed by atoms with van der Waals surface area (Å²) in [7, 11) is 1.67. The summed E-state index contributed by atoms with van der Waals surface area (Å²) in [6, 6.07) is 11.5. The first-order valence-corrected chi connectivity index (χ1v) is 7.22. The summed E-state index contributed by atoms with van der Waals surface area (Å²) in [5.74, 6) is 0. The monoisotopic (exact) mass is 299 g/mol. The second-order valence-electron chi connectivity index (χ2n) is 5.24. The van der Waals surface area contributed by atoms with Gasteiger partial charge in [-0.1, -0.05) is 30.3 Å². The third kappa shape index (κ3) is 4.05. The predicted molar refractivity (Wildman–Crippen MR) is 86.2 cm³/mol. The van der Waals surface area contributed by atoms with Crippen molar-refractivity contribution in [2.75, 3.05) is 13.7 Å². The molecule has 0 aliphatic carbocycles. The minimum Gasteiger partial charge on any atom is -0.394 e. The molecular formula is C17H21N3O2. The first kappa shape index (κ1) is 16.0.